The Balaban J connectivity index is 0.000000177. The number of nitrogens with one attached hydrogen (secondary N) is 1. The number of benzene rings is 1. The quantitative estimate of drug-likeness (QED) is 0.899. The third-order valence-electron chi connectivity index (χ3n) is 4.08. The lowest BCUT2D eigenvalue weighted by Gasteiger charge is -2.18. The summed E-state index contributed by atoms with van der Waals surface area (Å²) in [5.74, 6) is 0.502. The van der Waals surface area contributed by atoms with Crippen molar-refractivity contribution >= 4 is 5.69 Å². The van der Waals surface area contributed by atoms with Crippen molar-refractivity contribution in [3.63, 3.8) is 0 Å². The maximum atomic E-state index is 12.4. The van der Waals surface area contributed by atoms with E-state index in [9.17, 15) is 9.18 Å². The average molecular weight is 332 g/mol. The lowest BCUT2D eigenvalue weighted by Crippen LogP contribution is -2.20. The number of nitrogen functional groups attached to an aromatic ring is 1. The van der Waals surface area contributed by atoms with Crippen molar-refractivity contribution in [3.8, 4) is 5.75 Å². The van der Waals surface area contributed by atoms with Crippen molar-refractivity contribution in [3.05, 3.63) is 57.3 Å². The van der Waals surface area contributed by atoms with Crippen LogP contribution < -0.4 is 16.0 Å². The minimum absolute atomic E-state index is 0.127. The van der Waals surface area contributed by atoms with Gasteiger partial charge in [0.15, 0.2) is 0 Å². The molecule has 1 aliphatic rings. The van der Waals surface area contributed by atoms with Gasteiger partial charge in [-0.15, -0.1) is 0 Å². The molecule has 0 atom stereocenters. The monoisotopic (exact) mass is 332 g/mol. The predicted molar refractivity (Wildman–Crippen MR) is 95.0 cm³/mol. The molecule has 0 bridgehead atoms. The van der Waals surface area contributed by atoms with Crippen molar-refractivity contribution in [2.75, 3.05) is 12.3 Å². The largest absolute Gasteiger partial charge is 0.494 e. The zero-order valence-electron chi connectivity index (χ0n) is 14.3. The van der Waals surface area contributed by atoms with E-state index in [2.05, 4.69) is 4.98 Å². The van der Waals surface area contributed by atoms with Crippen LogP contribution in [0.25, 0.3) is 0 Å². The molecule has 0 radical (unpaired) electrons. The highest BCUT2D eigenvalue weighted by Gasteiger charge is 2.16. The molecule has 0 aliphatic heterocycles. The van der Waals surface area contributed by atoms with Crippen LogP contribution in [-0.4, -0.2) is 11.6 Å². The Kier molecular flexibility index (Phi) is 6.41. The standard InChI is InChI=1S/C10H14N2O.C9H11FO/c1-6-7-4-2-3-5-8(7)9(11)10(13)12-6;1-2-7-11-9-5-3-8(10)4-6-9/h2-5,11H2,1H3,(H,12,13);3-6H,2,7H2,1H3. The van der Waals surface area contributed by atoms with Crippen LogP contribution in [0.15, 0.2) is 29.1 Å². The number of aromatic amines is 1. The van der Waals surface area contributed by atoms with Gasteiger partial charge in [-0.3, -0.25) is 4.79 Å². The van der Waals surface area contributed by atoms with Gasteiger partial charge in [-0.25, -0.2) is 4.39 Å². The van der Waals surface area contributed by atoms with Crippen LogP contribution in [0.1, 0.15) is 43.0 Å². The summed E-state index contributed by atoms with van der Waals surface area (Å²) >= 11 is 0. The SMILES string of the molecule is CCCOc1ccc(F)cc1.Cc1[nH]c(=O)c(N)c2c1CCCC2. The second-order valence-electron chi connectivity index (χ2n) is 5.96. The number of ether oxygens (including phenoxy) is 1. The second kappa shape index (κ2) is 8.52. The number of anilines is 1. The Hall–Kier alpha value is -2.30. The molecule has 1 aromatic carbocycles. The van der Waals surface area contributed by atoms with Crippen LogP contribution >= 0.6 is 0 Å². The predicted octanol–water partition coefficient (Wildman–Crippen LogP) is 3.76. The van der Waals surface area contributed by atoms with E-state index in [0.717, 1.165) is 42.7 Å². The minimum Gasteiger partial charge on any atom is -0.494 e. The number of aromatic nitrogens is 1. The van der Waals surface area contributed by atoms with Gasteiger partial charge in [0.25, 0.3) is 5.56 Å². The maximum Gasteiger partial charge on any atom is 0.271 e. The first-order chi connectivity index (χ1) is 11.5. The number of pyridine rings is 1. The van der Waals surface area contributed by atoms with Crippen molar-refractivity contribution in [2.24, 2.45) is 0 Å². The fraction of sp³-hybridized carbons (Fsp3) is 0.421. The van der Waals surface area contributed by atoms with Crippen LogP contribution in [0.5, 0.6) is 5.75 Å². The van der Waals surface area contributed by atoms with E-state index in [1.807, 2.05) is 13.8 Å². The van der Waals surface area contributed by atoms with E-state index in [4.69, 9.17) is 10.5 Å². The number of halogens is 1. The van der Waals surface area contributed by atoms with E-state index >= 15 is 0 Å². The Morgan fingerprint density at radius 1 is 1.17 bits per heavy atom. The summed E-state index contributed by atoms with van der Waals surface area (Å²) in [5.41, 5.74) is 9.38. The molecule has 3 rings (SSSR count). The highest BCUT2D eigenvalue weighted by molar-refractivity contribution is 5.51. The van der Waals surface area contributed by atoms with Gasteiger partial charge in [-0.05, 0) is 74.4 Å². The molecule has 0 unspecified atom stereocenters. The fourth-order valence-corrected chi connectivity index (χ4v) is 2.82. The molecule has 3 N–H and O–H groups in total. The van der Waals surface area contributed by atoms with Gasteiger partial charge in [-0.1, -0.05) is 6.92 Å². The van der Waals surface area contributed by atoms with Crippen molar-refractivity contribution < 1.29 is 9.13 Å². The highest BCUT2D eigenvalue weighted by atomic mass is 19.1. The van der Waals surface area contributed by atoms with Gasteiger partial charge < -0.3 is 15.5 Å². The molecule has 0 saturated carbocycles. The van der Waals surface area contributed by atoms with E-state index < -0.39 is 0 Å². The number of rotatable bonds is 3. The average Bonchev–Trinajstić information content (AvgIpc) is 2.60. The summed E-state index contributed by atoms with van der Waals surface area (Å²) in [6, 6.07) is 6.05. The van der Waals surface area contributed by atoms with Gasteiger partial charge in [0.05, 0.1) is 6.61 Å². The van der Waals surface area contributed by atoms with Crippen LogP contribution in [0.2, 0.25) is 0 Å². The summed E-state index contributed by atoms with van der Waals surface area (Å²) < 4.78 is 17.6. The van der Waals surface area contributed by atoms with Gasteiger partial charge in [0.1, 0.15) is 17.3 Å². The molecule has 4 nitrogen and oxygen atoms in total. The first-order valence-corrected chi connectivity index (χ1v) is 8.41. The first kappa shape index (κ1) is 18.0. The molecule has 1 aliphatic carbocycles. The fourth-order valence-electron chi connectivity index (χ4n) is 2.82. The molecule has 2 aromatic rings. The summed E-state index contributed by atoms with van der Waals surface area (Å²) in [6.45, 7) is 4.67. The number of hydrogen-bond donors (Lipinski definition) is 2. The zero-order valence-corrected chi connectivity index (χ0v) is 14.3. The summed E-state index contributed by atoms with van der Waals surface area (Å²) in [4.78, 5) is 14.1. The smallest absolute Gasteiger partial charge is 0.271 e. The van der Waals surface area contributed by atoms with E-state index in [1.54, 1.807) is 12.1 Å². The van der Waals surface area contributed by atoms with E-state index in [1.165, 1.54) is 24.1 Å². The molecule has 1 aromatic heterocycles. The minimum atomic E-state index is -0.228. The number of H-pyrrole nitrogens is 1. The van der Waals surface area contributed by atoms with Gasteiger partial charge in [-0.2, -0.15) is 0 Å². The third-order valence-corrected chi connectivity index (χ3v) is 4.08. The van der Waals surface area contributed by atoms with Crippen molar-refractivity contribution in [2.45, 2.75) is 46.0 Å². The van der Waals surface area contributed by atoms with E-state index in [0.29, 0.717) is 12.3 Å². The molecule has 0 amide bonds. The maximum absolute atomic E-state index is 12.4. The summed E-state index contributed by atoms with van der Waals surface area (Å²) in [5, 5.41) is 0. The topological polar surface area (TPSA) is 68.1 Å². The summed E-state index contributed by atoms with van der Waals surface area (Å²) in [7, 11) is 0. The molecular weight excluding hydrogens is 307 g/mol. The Morgan fingerprint density at radius 3 is 2.42 bits per heavy atom. The summed E-state index contributed by atoms with van der Waals surface area (Å²) in [6.07, 6.45) is 5.35. The van der Waals surface area contributed by atoms with Gasteiger partial charge >= 0.3 is 0 Å². The van der Waals surface area contributed by atoms with Crippen molar-refractivity contribution in [1.29, 1.82) is 0 Å². The molecule has 24 heavy (non-hydrogen) atoms. The molecule has 1 heterocycles. The molecular formula is C19H25FN2O2. The first-order valence-electron chi connectivity index (χ1n) is 8.41. The molecule has 0 spiro atoms. The molecule has 0 saturated heterocycles. The van der Waals surface area contributed by atoms with Crippen LogP contribution in [0.3, 0.4) is 0 Å². The normalized spacial score (nSPS) is 12.8. The number of fused-ring (bicyclic) bond motifs is 1. The van der Waals surface area contributed by atoms with E-state index in [-0.39, 0.29) is 11.4 Å². The lowest BCUT2D eigenvalue weighted by molar-refractivity contribution is 0.317. The Bertz CT molecular complexity index is 723. The molecule has 0 fully saturated rings. The van der Waals surface area contributed by atoms with Crippen LogP contribution in [-0.2, 0) is 12.8 Å². The molecule has 130 valence electrons. The van der Waals surface area contributed by atoms with Gasteiger partial charge in [0, 0.05) is 5.69 Å². The molecule has 5 heteroatoms. The number of nitrogens with two attached hydrogens (primary N) is 1. The Labute approximate surface area is 141 Å². The van der Waals surface area contributed by atoms with Crippen LogP contribution in [0, 0.1) is 12.7 Å². The second-order valence-corrected chi connectivity index (χ2v) is 5.96. The lowest BCUT2D eigenvalue weighted by atomic mass is 9.90. The highest BCUT2D eigenvalue weighted by Crippen LogP contribution is 2.25. The Morgan fingerprint density at radius 2 is 1.79 bits per heavy atom. The zero-order chi connectivity index (χ0) is 17.5. The van der Waals surface area contributed by atoms with Crippen LogP contribution in [0.4, 0.5) is 10.1 Å². The number of aryl methyl sites for hydroxylation is 1. The van der Waals surface area contributed by atoms with Gasteiger partial charge in [0.2, 0.25) is 0 Å². The van der Waals surface area contributed by atoms with Crippen molar-refractivity contribution in [1.82, 2.24) is 4.98 Å². The number of hydrogen-bond acceptors (Lipinski definition) is 3. The third kappa shape index (κ3) is 4.60.